The van der Waals surface area contributed by atoms with Crippen LogP contribution in [0.2, 0.25) is 0 Å². The quantitative estimate of drug-likeness (QED) is 0.659. The van der Waals surface area contributed by atoms with Crippen molar-refractivity contribution in [2.24, 2.45) is 5.92 Å². The highest BCUT2D eigenvalue weighted by Crippen LogP contribution is 2.23. The number of anilines is 1. The minimum Gasteiger partial charge on any atom is -0.355 e. The summed E-state index contributed by atoms with van der Waals surface area (Å²) in [5.41, 5.74) is 2.02. The Bertz CT molecular complexity index is 917. The molecule has 0 atom stereocenters. The first-order valence-corrected chi connectivity index (χ1v) is 9.99. The van der Waals surface area contributed by atoms with E-state index < -0.39 is 0 Å². The maximum Gasteiger partial charge on any atom is 0.225 e. The number of fused-ring (bicyclic) bond motifs is 1. The third-order valence-corrected chi connectivity index (χ3v) is 5.52. The lowest BCUT2D eigenvalue weighted by Crippen LogP contribution is -2.43. The van der Waals surface area contributed by atoms with Crippen molar-refractivity contribution in [3.8, 4) is 0 Å². The van der Waals surface area contributed by atoms with Gasteiger partial charge in [0.05, 0.1) is 0 Å². The van der Waals surface area contributed by atoms with E-state index in [0.717, 1.165) is 56.9 Å². The molecule has 7 nitrogen and oxygen atoms in total. The monoisotopic (exact) mass is 378 g/mol. The van der Waals surface area contributed by atoms with E-state index in [0.29, 0.717) is 5.91 Å². The van der Waals surface area contributed by atoms with Crippen molar-refractivity contribution >= 4 is 17.4 Å². The fourth-order valence-corrected chi connectivity index (χ4v) is 3.83. The zero-order valence-corrected chi connectivity index (χ0v) is 16.2. The normalized spacial score (nSPS) is 15.1. The molecule has 1 saturated heterocycles. The molecule has 2 aromatic heterocycles. The van der Waals surface area contributed by atoms with Gasteiger partial charge < -0.3 is 9.80 Å². The standard InChI is InChI=1S/C21H26N6O/c1-2-25(13-10-17-6-4-3-5-7-17)21(28)18-11-14-26(15-12-18)20-9-8-19-23-22-16-27(19)24-20/h3-9,16,18H,2,10-15H2,1H3. The number of piperidine rings is 1. The number of hydrogen-bond donors (Lipinski definition) is 0. The van der Waals surface area contributed by atoms with Crippen LogP contribution >= 0.6 is 0 Å². The second-order valence-electron chi connectivity index (χ2n) is 7.24. The third kappa shape index (κ3) is 3.98. The Morgan fingerprint density at radius 2 is 1.93 bits per heavy atom. The number of rotatable bonds is 6. The van der Waals surface area contributed by atoms with Gasteiger partial charge in [0.2, 0.25) is 5.91 Å². The molecular weight excluding hydrogens is 352 g/mol. The summed E-state index contributed by atoms with van der Waals surface area (Å²) in [6, 6.07) is 14.3. The van der Waals surface area contributed by atoms with Gasteiger partial charge in [0.1, 0.15) is 12.1 Å². The first kappa shape index (κ1) is 18.4. The van der Waals surface area contributed by atoms with Crippen LogP contribution in [0.25, 0.3) is 5.65 Å². The summed E-state index contributed by atoms with van der Waals surface area (Å²) in [6.07, 6.45) is 4.24. The van der Waals surface area contributed by atoms with Crippen molar-refractivity contribution in [1.82, 2.24) is 24.7 Å². The first-order chi connectivity index (χ1) is 13.7. The molecule has 1 aliphatic rings. The largest absolute Gasteiger partial charge is 0.355 e. The van der Waals surface area contributed by atoms with Crippen LogP contribution in [0.3, 0.4) is 0 Å². The highest BCUT2D eigenvalue weighted by molar-refractivity contribution is 5.79. The third-order valence-electron chi connectivity index (χ3n) is 5.52. The molecule has 1 amide bonds. The zero-order chi connectivity index (χ0) is 19.3. The van der Waals surface area contributed by atoms with E-state index in [2.05, 4.69) is 39.3 Å². The smallest absolute Gasteiger partial charge is 0.225 e. The zero-order valence-electron chi connectivity index (χ0n) is 16.2. The summed E-state index contributed by atoms with van der Waals surface area (Å²) in [6.45, 7) is 5.29. The van der Waals surface area contributed by atoms with Crippen LogP contribution in [-0.2, 0) is 11.2 Å². The van der Waals surface area contributed by atoms with Crippen LogP contribution in [0.15, 0.2) is 48.8 Å². The molecule has 3 aromatic rings. The molecule has 3 heterocycles. The van der Waals surface area contributed by atoms with Gasteiger partial charge in [-0.15, -0.1) is 15.3 Å². The van der Waals surface area contributed by atoms with Crippen LogP contribution in [0.1, 0.15) is 25.3 Å². The summed E-state index contributed by atoms with van der Waals surface area (Å²) >= 11 is 0. The van der Waals surface area contributed by atoms with Crippen LogP contribution in [0.4, 0.5) is 5.82 Å². The number of amides is 1. The van der Waals surface area contributed by atoms with Gasteiger partial charge in [0.15, 0.2) is 5.65 Å². The van der Waals surface area contributed by atoms with Crippen molar-refractivity contribution in [2.75, 3.05) is 31.1 Å². The van der Waals surface area contributed by atoms with E-state index >= 15 is 0 Å². The van der Waals surface area contributed by atoms with Crippen LogP contribution in [-0.4, -0.2) is 56.8 Å². The molecule has 1 aromatic carbocycles. The Labute approximate surface area is 165 Å². The maximum atomic E-state index is 13.0. The summed E-state index contributed by atoms with van der Waals surface area (Å²) < 4.78 is 1.69. The van der Waals surface area contributed by atoms with E-state index in [9.17, 15) is 4.79 Å². The topological polar surface area (TPSA) is 66.6 Å². The fraction of sp³-hybridized carbons (Fsp3) is 0.429. The number of aromatic nitrogens is 4. The number of carbonyl (C=O) groups excluding carboxylic acids is 1. The molecule has 0 aliphatic carbocycles. The van der Waals surface area contributed by atoms with Gasteiger partial charge in [-0.2, -0.15) is 4.52 Å². The highest BCUT2D eigenvalue weighted by Gasteiger charge is 2.28. The van der Waals surface area contributed by atoms with Crippen LogP contribution in [0.5, 0.6) is 0 Å². The molecule has 1 aliphatic heterocycles. The summed E-state index contributed by atoms with van der Waals surface area (Å²) in [7, 11) is 0. The number of hydrogen-bond acceptors (Lipinski definition) is 5. The Hall–Kier alpha value is -2.96. The Balaban J connectivity index is 1.33. The van der Waals surface area contributed by atoms with Crippen molar-refractivity contribution < 1.29 is 4.79 Å². The SMILES string of the molecule is CCN(CCc1ccccc1)C(=O)C1CCN(c2ccc3nncn3n2)CC1. The fourth-order valence-electron chi connectivity index (χ4n) is 3.83. The van der Waals surface area contributed by atoms with Gasteiger partial charge in [0.25, 0.3) is 0 Å². The summed E-state index contributed by atoms with van der Waals surface area (Å²) in [4.78, 5) is 17.3. The number of benzene rings is 1. The molecule has 146 valence electrons. The first-order valence-electron chi connectivity index (χ1n) is 9.99. The van der Waals surface area contributed by atoms with E-state index in [4.69, 9.17) is 0 Å². The van der Waals surface area contributed by atoms with Crippen molar-refractivity contribution in [2.45, 2.75) is 26.2 Å². The van der Waals surface area contributed by atoms with E-state index in [1.807, 2.05) is 35.2 Å². The second-order valence-corrected chi connectivity index (χ2v) is 7.24. The highest BCUT2D eigenvalue weighted by atomic mass is 16.2. The molecule has 0 radical (unpaired) electrons. The van der Waals surface area contributed by atoms with Crippen LogP contribution < -0.4 is 4.90 Å². The summed E-state index contributed by atoms with van der Waals surface area (Å²) in [5, 5.41) is 12.4. The molecule has 0 unspecified atom stereocenters. The molecule has 0 bridgehead atoms. The predicted molar refractivity (Wildman–Crippen MR) is 108 cm³/mol. The van der Waals surface area contributed by atoms with Crippen LogP contribution in [0, 0.1) is 5.92 Å². The molecule has 0 N–H and O–H groups in total. The second kappa shape index (κ2) is 8.37. The van der Waals surface area contributed by atoms with Crippen molar-refractivity contribution in [3.63, 3.8) is 0 Å². The lowest BCUT2D eigenvalue weighted by Gasteiger charge is -2.34. The Morgan fingerprint density at radius 1 is 1.14 bits per heavy atom. The molecule has 28 heavy (non-hydrogen) atoms. The molecular formula is C21H26N6O. The van der Waals surface area contributed by atoms with Crippen molar-refractivity contribution in [1.29, 1.82) is 0 Å². The minimum absolute atomic E-state index is 0.102. The van der Waals surface area contributed by atoms with E-state index in [1.54, 1.807) is 10.8 Å². The average molecular weight is 378 g/mol. The van der Waals surface area contributed by atoms with Gasteiger partial charge in [-0.1, -0.05) is 30.3 Å². The van der Waals surface area contributed by atoms with E-state index in [1.165, 1.54) is 5.56 Å². The Morgan fingerprint density at radius 3 is 2.68 bits per heavy atom. The number of likely N-dealkylation sites (N-methyl/N-ethyl adjacent to an activating group) is 1. The van der Waals surface area contributed by atoms with Gasteiger partial charge >= 0.3 is 0 Å². The minimum atomic E-state index is 0.102. The predicted octanol–water partition coefficient (Wildman–Crippen LogP) is 2.43. The van der Waals surface area contributed by atoms with Gasteiger partial charge in [-0.05, 0) is 43.9 Å². The molecule has 7 heteroatoms. The van der Waals surface area contributed by atoms with Gasteiger partial charge in [-0.3, -0.25) is 4.79 Å². The van der Waals surface area contributed by atoms with Crippen molar-refractivity contribution in [3.05, 3.63) is 54.4 Å². The van der Waals surface area contributed by atoms with E-state index in [-0.39, 0.29) is 5.92 Å². The lowest BCUT2D eigenvalue weighted by atomic mass is 9.95. The molecule has 0 spiro atoms. The summed E-state index contributed by atoms with van der Waals surface area (Å²) in [5.74, 6) is 1.31. The maximum absolute atomic E-state index is 13.0. The average Bonchev–Trinajstić information content (AvgIpc) is 3.23. The number of carbonyl (C=O) groups is 1. The molecule has 4 rings (SSSR count). The number of nitrogens with zero attached hydrogens (tertiary/aromatic N) is 6. The lowest BCUT2D eigenvalue weighted by molar-refractivity contribution is -0.136. The Kier molecular flexibility index (Phi) is 5.50. The molecule has 1 fully saturated rings. The molecule has 0 saturated carbocycles. The van der Waals surface area contributed by atoms with Gasteiger partial charge in [-0.25, -0.2) is 0 Å². The van der Waals surface area contributed by atoms with Gasteiger partial charge in [0, 0.05) is 32.1 Å².